The highest BCUT2D eigenvalue weighted by Crippen LogP contribution is 2.27. The number of carbonyl (C=O) groups is 1. The molecule has 4 nitrogen and oxygen atoms in total. The molecule has 1 aromatic carbocycles. The summed E-state index contributed by atoms with van der Waals surface area (Å²) >= 11 is 7.98. The number of thioether (sulfide) groups is 1. The van der Waals surface area contributed by atoms with E-state index in [1.54, 1.807) is 17.8 Å². The second kappa shape index (κ2) is 8.79. The van der Waals surface area contributed by atoms with Gasteiger partial charge in [-0.2, -0.15) is 0 Å². The van der Waals surface area contributed by atoms with Gasteiger partial charge in [-0.05, 0) is 49.9 Å². The Morgan fingerprint density at radius 2 is 1.92 bits per heavy atom. The van der Waals surface area contributed by atoms with Gasteiger partial charge >= 0.3 is 0 Å². The molecule has 1 amide bonds. The van der Waals surface area contributed by atoms with Crippen molar-refractivity contribution in [1.82, 2.24) is 9.80 Å². The largest absolute Gasteiger partial charge is 0.456 e. The smallest absolute Gasteiger partial charge is 0.289 e. The third-order valence-electron chi connectivity index (χ3n) is 4.32. The number of rotatable bonds is 6. The van der Waals surface area contributed by atoms with E-state index < -0.39 is 0 Å². The Hall–Kier alpha value is -1.43. The molecule has 6 heteroatoms. The molecule has 0 N–H and O–H groups in total. The second-order valence-corrected chi connectivity index (χ2v) is 7.72. The molecule has 0 radical (unpaired) electrons. The van der Waals surface area contributed by atoms with Crippen molar-refractivity contribution in [2.45, 2.75) is 18.2 Å². The first-order valence-electron chi connectivity index (χ1n) is 8.59. The van der Waals surface area contributed by atoms with E-state index in [4.69, 9.17) is 16.0 Å². The molecule has 0 saturated carbocycles. The second-order valence-electron chi connectivity index (χ2n) is 6.18. The lowest BCUT2D eigenvalue weighted by atomic mass is 10.2. The van der Waals surface area contributed by atoms with Gasteiger partial charge in [0, 0.05) is 31.1 Å². The zero-order valence-corrected chi connectivity index (χ0v) is 16.0. The predicted molar refractivity (Wildman–Crippen MR) is 103 cm³/mol. The first-order valence-corrected chi connectivity index (χ1v) is 9.95. The molecule has 0 atom stereocenters. The van der Waals surface area contributed by atoms with E-state index in [2.05, 4.69) is 11.0 Å². The number of nitrogens with zero attached hydrogens (tertiary/aromatic N) is 2. The van der Waals surface area contributed by atoms with Crippen molar-refractivity contribution in [3.8, 4) is 0 Å². The molecule has 134 valence electrons. The van der Waals surface area contributed by atoms with Gasteiger partial charge in [-0.25, -0.2) is 0 Å². The lowest BCUT2D eigenvalue weighted by Crippen LogP contribution is -2.48. The molecule has 0 unspecified atom stereocenters. The van der Waals surface area contributed by atoms with Gasteiger partial charge in [-0.3, -0.25) is 9.69 Å². The topological polar surface area (TPSA) is 36.7 Å². The van der Waals surface area contributed by atoms with Gasteiger partial charge in [-0.15, -0.1) is 11.8 Å². The van der Waals surface area contributed by atoms with Crippen LogP contribution in [0.3, 0.4) is 0 Å². The Bertz CT molecular complexity index is 711. The first-order chi connectivity index (χ1) is 12.1. The molecule has 0 bridgehead atoms. The number of furan rings is 1. The maximum absolute atomic E-state index is 12.4. The van der Waals surface area contributed by atoms with Crippen molar-refractivity contribution >= 4 is 29.3 Å². The number of halogens is 1. The van der Waals surface area contributed by atoms with E-state index in [0.29, 0.717) is 5.76 Å². The van der Waals surface area contributed by atoms with Crippen LogP contribution in [0.4, 0.5) is 0 Å². The van der Waals surface area contributed by atoms with Crippen LogP contribution in [0.1, 0.15) is 22.7 Å². The minimum absolute atomic E-state index is 0.00188. The SMILES string of the molecule is Cc1ccc(C(=O)N2CCN(CCCSc3ccccc3Cl)CC2)o1. The molecular formula is C19H23ClN2O2S. The van der Waals surface area contributed by atoms with E-state index in [9.17, 15) is 4.79 Å². The summed E-state index contributed by atoms with van der Waals surface area (Å²) in [5.74, 6) is 2.27. The Labute approximate surface area is 158 Å². The minimum atomic E-state index is 0.00188. The van der Waals surface area contributed by atoms with Gasteiger partial charge in [0.25, 0.3) is 5.91 Å². The summed E-state index contributed by atoms with van der Waals surface area (Å²) in [5.41, 5.74) is 0. The summed E-state index contributed by atoms with van der Waals surface area (Å²) in [6.07, 6.45) is 1.11. The normalized spacial score (nSPS) is 15.5. The zero-order chi connectivity index (χ0) is 17.6. The molecule has 0 aliphatic carbocycles. The van der Waals surface area contributed by atoms with Crippen LogP contribution in [0.15, 0.2) is 45.7 Å². The summed E-state index contributed by atoms with van der Waals surface area (Å²) in [6, 6.07) is 11.6. The van der Waals surface area contributed by atoms with Gasteiger partial charge in [0.15, 0.2) is 5.76 Å². The molecule has 0 spiro atoms. The highest BCUT2D eigenvalue weighted by molar-refractivity contribution is 7.99. The van der Waals surface area contributed by atoms with E-state index in [-0.39, 0.29) is 5.91 Å². The molecule has 1 aliphatic heterocycles. The number of hydrogen-bond acceptors (Lipinski definition) is 4. The fourth-order valence-corrected chi connectivity index (χ4v) is 4.09. The quantitative estimate of drug-likeness (QED) is 0.558. The van der Waals surface area contributed by atoms with Crippen molar-refractivity contribution < 1.29 is 9.21 Å². The molecule has 2 heterocycles. The van der Waals surface area contributed by atoms with Crippen LogP contribution in [-0.4, -0.2) is 54.2 Å². The predicted octanol–water partition coefficient (Wildman–Crippen LogP) is 4.18. The summed E-state index contributed by atoms with van der Waals surface area (Å²) in [4.78, 5) is 17.8. The molecule has 1 saturated heterocycles. The van der Waals surface area contributed by atoms with E-state index >= 15 is 0 Å². The van der Waals surface area contributed by atoms with Crippen molar-refractivity contribution in [2.24, 2.45) is 0 Å². The lowest BCUT2D eigenvalue weighted by molar-refractivity contribution is 0.0605. The lowest BCUT2D eigenvalue weighted by Gasteiger charge is -2.34. The Morgan fingerprint density at radius 3 is 2.60 bits per heavy atom. The third kappa shape index (κ3) is 5.03. The number of amides is 1. The minimum Gasteiger partial charge on any atom is -0.456 e. The van der Waals surface area contributed by atoms with Crippen LogP contribution in [0, 0.1) is 6.92 Å². The molecule has 1 aromatic heterocycles. The van der Waals surface area contributed by atoms with Crippen LogP contribution in [0.25, 0.3) is 0 Å². The maximum Gasteiger partial charge on any atom is 0.289 e. The fourth-order valence-electron chi connectivity index (χ4n) is 2.91. The van der Waals surface area contributed by atoms with Crippen molar-refractivity contribution in [2.75, 3.05) is 38.5 Å². The van der Waals surface area contributed by atoms with Crippen LogP contribution >= 0.6 is 23.4 Å². The highest BCUT2D eigenvalue weighted by Gasteiger charge is 2.23. The summed E-state index contributed by atoms with van der Waals surface area (Å²) in [6.45, 7) is 6.27. The third-order valence-corrected chi connectivity index (χ3v) is 5.92. The van der Waals surface area contributed by atoms with E-state index in [1.807, 2.05) is 36.1 Å². The van der Waals surface area contributed by atoms with Crippen molar-refractivity contribution in [3.63, 3.8) is 0 Å². The van der Waals surface area contributed by atoms with Crippen molar-refractivity contribution in [3.05, 3.63) is 52.9 Å². The van der Waals surface area contributed by atoms with Gasteiger partial charge in [0.05, 0.1) is 5.02 Å². The summed E-state index contributed by atoms with van der Waals surface area (Å²) in [5, 5.41) is 0.827. The highest BCUT2D eigenvalue weighted by atomic mass is 35.5. The molecule has 3 rings (SSSR count). The Morgan fingerprint density at radius 1 is 1.16 bits per heavy atom. The average Bonchev–Trinajstić information content (AvgIpc) is 3.06. The number of aryl methyl sites for hydroxylation is 1. The monoisotopic (exact) mass is 378 g/mol. The number of benzene rings is 1. The van der Waals surface area contributed by atoms with Gasteiger partial charge in [0.1, 0.15) is 5.76 Å². The van der Waals surface area contributed by atoms with Crippen molar-refractivity contribution in [1.29, 1.82) is 0 Å². The molecule has 25 heavy (non-hydrogen) atoms. The fraction of sp³-hybridized carbons (Fsp3) is 0.421. The standard InChI is InChI=1S/C19H23ClN2O2S/c1-15-7-8-17(24-15)19(23)22-12-10-21(11-13-22)9-4-14-25-18-6-3-2-5-16(18)20/h2-3,5-8H,4,9-14H2,1H3. The first kappa shape index (κ1) is 18.4. The van der Waals surface area contributed by atoms with Crippen LogP contribution in [0.2, 0.25) is 5.02 Å². The molecular weight excluding hydrogens is 356 g/mol. The molecule has 1 fully saturated rings. The Balaban J connectivity index is 1.37. The van der Waals surface area contributed by atoms with Gasteiger partial charge < -0.3 is 9.32 Å². The Kier molecular flexibility index (Phi) is 6.45. The number of hydrogen-bond donors (Lipinski definition) is 0. The maximum atomic E-state index is 12.4. The number of piperazine rings is 1. The van der Waals surface area contributed by atoms with E-state index in [0.717, 1.165) is 60.6 Å². The summed E-state index contributed by atoms with van der Waals surface area (Å²) in [7, 11) is 0. The van der Waals surface area contributed by atoms with E-state index in [1.165, 1.54) is 0 Å². The number of carbonyl (C=O) groups excluding carboxylic acids is 1. The van der Waals surface area contributed by atoms with Gasteiger partial charge in [-0.1, -0.05) is 23.7 Å². The molecule has 1 aliphatic rings. The van der Waals surface area contributed by atoms with Crippen LogP contribution < -0.4 is 0 Å². The summed E-state index contributed by atoms with van der Waals surface area (Å²) < 4.78 is 5.44. The van der Waals surface area contributed by atoms with Crippen LogP contribution in [0.5, 0.6) is 0 Å². The zero-order valence-electron chi connectivity index (χ0n) is 14.4. The van der Waals surface area contributed by atoms with Crippen LogP contribution in [-0.2, 0) is 0 Å². The molecule has 2 aromatic rings. The average molecular weight is 379 g/mol. The van der Waals surface area contributed by atoms with Gasteiger partial charge in [0.2, 0.25) is 0 Å².